The average Bonchev–Trinajstić information content (AvgIpc) is 3.33. The highest BCUT2D eigenvalue weighted by Crippen LogP contribution is 2.36. The summed E-state index contributed by atoms with van der Waals surface area (Å²) in [5.74, 6) is -0.208. The van der Waals surface area contributed by atoms with Gasteiger partial charge in [0.15, 0.2) is 12.4 Å². The molecule has 30 heavy (non-hydrogen) atoms. The molecule has 4 aromatic rings. The molecule has 4 heterocycles. The summed E-state index contributed by atoms with van der Waals surface area (Å²) in [6.07, 6.45) is 1.74. The highest BCUT2D eigenvalue weighted by Gasteiger charge is 2.29. The fourth-order valence-corrected chi connectivity index (χ4v) is 3.09. The van der Waals surface area contributed by atoms with Gasteiger partial charge in [0, 0.05) is 24.2 Å². The second-order valence-electron chi connectivity index (χ2n) is 6.50. The van der Waals surface area contributed by atoms with Crippen LogP contribution >= 0.6 is 0 Å². The molecule has 0 saturated heterocycles. The van der Waals surface area contributed by atoms with Gasteiger partial charge < -0.3 is 14.6 Å². The number of fused-ring (bicyclic) bond motifs is 1. The molecule has 11 heteroatoms. The Hall–Kier alpha value is -3.76. The first-order valence-electron chi connectivity index (χ1n) is 8.71. The summed E-state index contributed by atoms with van der Waals surface area (Å²) < 4.78 is 49.0. The first kappa shape index (κ1) is 19.6. The number of methoxy groups -OCH3 is 1. The second kappa shape index (κ2) is 7.25. The lowest BCUT2D eigenvalue weighted by molar-refractivity contribution is -0.153. The zero-order valence-electron chi connectivity index (χ0n) is 15.9. The topological polar surface area (TPSA) is 98.1 Å². The third-order valence-electron chi connectivity index (χ3n) is 4.41. The maximum absolute atomic E-state index is 12.6. The van der Waals surface area contributed by atoms with Crippen LogP contribution in [0.3, 0.4) is 0 Å². The quantitative estimate of drug-likeness (QED) is 0.511. The molecule has 0 aliphatic heterocycles. The minimum absolute atomic E-state index is 0.00463. The Bertz CT molecular complexity index is 1200. The molecular weight excluding hydrogens is 403 g/mol. The standard InChI is InChI=1S/C19H16F3N5O3/c1-10-3-13(11-4-15(17(29-2)23-5-11)30-9-19(20,21)22)26-14-8-27(18(28)16(10)14)12-6-24-25-7-12/h3-8,28H,9H2,1-2H3,(H,24,25). The Morgan fingerprint density at radius 2 is 2.03 bits per heavy atom. The Morgan fingerprint density at radius 3 is 2.70 bits per heavy atom. The van der Waals surface area contributed by atoms with Crippen molar-refractivity contribution in [3.8, 4) is 34.5 Å². The lowest BCUT2D eigenvalue weighted by Crippen LogP contribution is -2.19. The monoisotopic (exact) mass is 419 g/mol. The number of hydrogen-bond donors (Lipinski definition) is 2. The van der Waals surface area contributed by atoms with Crippen LogP contribution in [0.25, 0.3) is 27.8 Å². The van der Waals surface area contributed by atoms with Crippen molar-refractivity contribution in [2.75, 3.05) is 13.7 Å². The molecule has 0 bridgehead atoms. The molecule has 0 aliphatic carbocycles. The van der Waals surface area contributed by atoms with Crippen LogP contribution in [0.2, 0.25) is 0 Å². The Balaban J connectivity index is 1.78. The largest absolute Gasteiger partial charge is 0.494 e. The number of nitrogens with zero attached hydrogens (tertiary/aromatic N) is 4. The van der Waals surface area contributed by atoms with Gasteiger partial charge >= 0.3 is 6.18 Å². The highest BCUT2D eigenvalue weighted by atomic mass is 19.4. The molecule has 0 aromatic carbocycles. The van der Waals surface area contributed by atoms with Gasteiger partial charge in [0.1, 0.15) is 0 Å². The third kappa shape index (κ3) is 3.61. The molecule has 4 aromatic heterocycles. The summed E-state index contributed by atoms with van der Waals surface area (Å²) in [4.78, 5) is 8.56. The number of H-pyrrole nitrogens is 1. The second-order valence-corrected chi connectivity index (χ2v) is 6.50. The van der Waals surface area contributed by atoms with E-state index >= 15 is 0 Å². The van der Waals surface area contributed by atoms with Gasteiger partial charge in [-0.25, -0.2) is 9.97 Å². The fraction of sp³-hybridized carbons (Fsp3) is 0.211. The van der Waals surface area contributed by atoms with Crippen LogP contribution in [0.15, 0.2) is 36.9 Å². The van der Waals surface area contributed by atoms with E-state index in [9.17, 15) is 18.3 Å². The number of aromatic hydroxyl groups is 1. The first-order chi connectivity index (χ1) is 14.3. The van der Waals surface area contributed by atoms with Crippen molar-refractivity contribution in [3.05, 3.63) is 42.5 Å². The van der Waals surface area contributed by atoms with Crippen LogP contribution in [-0.4, -0.2) is 49.7 Å². The zero-order chi connectivity index (χ0) is 21.5. The molecule has 2 N–H and O–H groups in total. The van der Waals surface area contributed by atoms with Crippen LogP contribution in [0.4, 0.5) is 13.2 Å². The van der Waals surface area contributed by atoms with E-state index in [0.29, 0.717) is 27.8 Å². The minimum Gasteiger partial charge on any atom is -0.494 e. The maximum atomic E-state index is 12.6. The molecule has 4 rings (SSSR count). The molecule has 0 spiro atoms. The summed E-state index contributed by atoms with van der Waals surface area (Å²) in [7, 11) is 1.29. The molecule has 0 atom stereocenters. The van der Waals surface area contributed by atoms with Gasteiger partial charge in [0.2, 0.25) is 5.88 Å². The third-order valence-corrected chi connectivity index (χ3v) is 4.41. The maximum Gasteiger partial charge on any atom is 0.422 e. The van der Waals surface area contributed by atoms with E-state index in [1.54, 1.807) is 31.6 Å². The van der Waals surface area contributed by atoms with Crippen molar-refractivity contribution in [2.45, 2.75) is 13.1 Å². The molecule has 0 fully saturated rings. The number of pyridine rings is 2. The van der Waals surface area contributed by atoms with Crippen molar-refractivity contribution >= 4 is 10.9 Å². The van der Waals surface area contributed by atoms with Crippen molar-refractivity contribution in [1.29, 1.82) is 0 Å². The summed E-state index contributed by atoms with van der Waals surface area (Å²) in [5.41, 5.74) is 2.74. The molecular formula is C19H16F3N5O3. The number of aryl methyl sites for hydroxylation is 1. The van der Waals surface area contributed by atoms with Gasteiger partial charge in [-0.15, -0.1) is 0 Å². The molecule has 0 aliphatic rings. The lowest BCUT2D eigenvalue weighted by Gasteiger charge is -2.13. The van der Waals surface area contributed by atoms with Gasteiger partial charge in [-0.3, -0.25) is 9.67 Å². The van der Waals surface area contributed by atoms with Crippen LogP contribution in [0.5, 0.6) is 17.5 Å². The van der Waals surface area contributed by atoms with E-state index in [0.717, 1.165) is 5.56 Å². The number of halogens is 3. The van der Waals surface area contributed by atoms with E-state index < -0.39 is 12.8 Å². The molecule has 0 amide bonds. The first-order valence-corrected chi connectivity index (χ1v) is 8.71. The lowest BCUT2D eigenvalue weighted by atomic mass is 10.1. The molecule has 156 valence electrons. The number of rotatable bonds is 5. The number of hydrogen-bond acceptors (Lipinski definition) is 6. The van der Waals surface area contributed by atoms with Gasteiger partial charge in [-0.2, -0.15) is 18.3 Å². The SMILES string of the molecule is COc1ncc(-c2cc(C)c3c(O)n(-c4cn[nH]c4)cc3n2)cc1OCC(F)(F)F. The zero-order valence-corrected chi connectivity index (χ0v) is 15.9. The van der Waals surface area contributed by atoms with Crippen LogP contribution in [-0.2, 0) is 0 Å². The number of ether oxygens (including phenoxy) is 2. The Morgan fingerprint density at radius 1 is 1.23 bits per heavy atom. The van der Waals surface area contributed by atoms with Gasteiger partial charge in [-0.1, -0.05) is 0 Å². The summed E-state index contributed by atoms with van der Waals surface area (Å²) in [6.45, 7) is 0.326. The Kier molecular flexibility index (Phi) is 4.72. The van der Waals surface area contributed by atoms with E-state index in [1.807, 2.05) is 0 Å². The van der Waals surface area contributed by atoms with E-state index in [2.05, 4.69) is 20.2 Å². The normalized spacial score (nSPS) is 11.8. The van der Waals surface area contributed by atoms with Crippen LogP contribution in [0, 0.1) is 6.92 Å². The minimum atomic E-state index is -4.50. The smallest absolute Gasteiger partial charge is 0.422 e. The predicted molar refractivity (Wildman–Crippen MR) is 101 cm³/mol. The summed E-state index contributed by atoms with van der Waals surface area (Å²) >= 11 is 0. The predicted octanol–water partition coefficient (Wildman–Crippen LogP) is 3.77. The molecule has 0 radical (unpaired) electrons. The Labute approximate surface area is 167 Å². The average molecular weight is 419 g/mol. The van der Waals surface area contributed by atoms with Crippen molar-refractivity contribution in [3.63, 3.8) is 0 Å². The molecule has 0 saturated carbocycles. The van der Waals surface area contributed by atoms with Gasteiger partial charge in [0.05, 0.1) is 35.6 Å². The number of aromatic nitrogens is 5. The fourth-order valence-electron chi connectivity index (χ4n) is 3.09. The van der Waals surface area contributed by atoms with Crippen LogP contribution in [0.1, 0.15) is 5.56 Å². The molecule has 0 unspecified atom stereocenters. The van der Waals surface area contributed by atoms with Crippen molar-refractivity contribution in [2.24, 2.45) is 0 Å². The van der Waals surface area contributed by atoms with Crippen LogP contribution < -0.4 is 9.47 Å². The van der Waals surface area contributed by atoms with E-state index in [-0.39, 0.29) is 17.5 Å². The van der Waals surface area contributed by atoms with E-state index in [1.165, 1.54) is 23.9 Å². The number of nitrogens with one attached hydrogen (secondary N) is 1. The summed E-state index contributed by atoms with van der Waals surface area (Å²) in [6, 6.07) is 3.09. The highest BCUT2D eigenvalue weighted by molar-refractivity contribution is 5.90. The van der Waals surface area contributed by atoms with Gasteiger partial charge in [-0.05, 0) is 24.6 Å². The number of aromatic amines is 1. The van der Waals surface area contributed by atoms with Gasteiger partial charge in [0.25, 0.3) is 5.88 Å². The van der Waals surface area contributed by atoms with E-state index in [4.69, 9.17) is 9.47 Å². The number of alkyl halides is 3. The molecule has 8 nitrogen and oxygen atoms in total. The van der Waals surface area contributed by atoms with Crippen molar-refractivity contribution in [1.82, 2.24) is 24.7 Å². The van der Waals surface area contributed by atoms with Crippen molar-refractivity contribution < 1.29 is 27.8 Å². The summed E-state index contributed by atoms with van der Waals surface area (Å²) in [5, 5.41) is 17.7.